The first-order valence-electron chi connectivity index (χ1n) is 9.96. The van der Waals surface area contributed by atoms with Crippen LogP contribution in [0.15, 0.2) is 60.7 Å². The van der Waals surface area contributed by atoms with E-state index in [4.69, 9.17) is 27.9 Å². The van der Waals surface area contributed by atoms with Crippen LogP contribution in [0.25, 0.3) is 0 Å². The summed E-state index contributed by atoms with van der Waals surface area (Å²) in [7, 11) is 3.13. The fourth-order valence-electron chi connectivity index (χ4n) is 3.51. The molecule has 1 N–H and O–H groups in total. The zero-order valence-electron chi connectivity index (χ0n) is 18.3. The number of amides is 2. The first-order valence-corrected chi connectivity index (χ1v) is 10.7. The molecule has 0 aliphatic carbocycles. The monoisotopic (exact) mass is 470 g/mol. The SMILES string of the molecule is COc1ccc(C(=O)N(C)C(C(=O)Nc2c(C)cccc2C)c2ccc(Cl)cc2Cl)cc1. The maximum absolute atomic E-state index is 13.5. The largest absolute Gasteiger partial charge is 0.497 e. The number of benzene rings is 3. The van der Waals surface area contributed by atoms with Gasteiger partial charge in [-0.2, -0.15) is 0 Å². The Morgan fingerprint density at radius 2 is 1.59 bits per heavy atom. The van der Waals surface area contributed by atoms with Gasteiger partial charge in [-0.25, -0.2) is 0 Å². The fourth-order valence-corrected chi connectivity index (χ4v) is 4.02. The van der Waals surface area contributed by atoms with Crippen molar-refractivity contribution in [3.8, 4) is 5.75 Å². The van der Waals surface area contributed by atoms with Crippen LogP contribution < -0.4 is 10.1 Å². The number of para-hydroxylation sites is 1. The molecule has 0 aromatic heterocycles. The van der Waals surface area contributed by atoms with Gasteiger partial charge in [0.1, 0.15) is 11.8 Å². The smallest absolute Gasteiger partial charge is 0.254 e. The lowest BCUT2D eigenvalue weighted by molar-refractivity contribution is -0.120. The maximum atomic E-state index is 13.5. The van der Waals surface area contributed by atoms with Crippen LogP contribution in [-0.4, -0.2) is 30.9 Å². The first kappa shape index (κ1) is 23.6. The van der Waals surface area contributed by atoms with Gasteiger partial charge >= 0.3 is 0 Å². The van der Waals surface area contributed by atoms with E-state index in [0.717, 1.165) is 11.1 Å². The number of hydrogen-bond acceptors (Lipinski definition) is 3. The number of anilines is 1. The Kier molecular flexibility index (Phi) is 7.44. The van der Waals surface area contributed by atoms with E-state index in [1.807, 2.05) is 32.0 Å². The summed E-state index contributed by atoms with van der Waals surface area (Å²) in [6.07, 6.45) is 0. The highest BCUT2D eigenvalue weighted by Crippen LogP contribution is 2.32. The highest BCUT2D eigenvalue weighted by Gasteiger charge is 2.31. The second-order valence-electron chi connectivity index (χ2n) is 7.47. The molecule has 7 heteroatoms. The maximum Gasteiger partial charge on any atom is 0.254 e. The second-order valence-corrected chi connectivity index (χ2v) is 8.31. The van der Waals surface area contributed by atoms with Crippen LogP contribution in [0.5, 0.6) is 5.75 Å². The molecule has 3 rings (SSSR count). The zero-order valence-corrected chi connectivity index (χ0v) is 19.8. The molecule has 0 fully saturated rings. The number of nitrogens with one attached hydrogen (secondary N) is 1. The van der Waals surface area contributed by atoms with Gasteiger partial charge in [0.05, 0.1) is 7.11 Å². The minimum Gasteiger partial charge on any atom is -0.497 e. The molecule has 5 nitrogen and oxygen atoms in total. The molecule has 0 heterocycles. The van der Waals surface area contributed by atoms with Crippen LogP contribution in [-0.2, 0) is 4.79 Å². The molecule has 0 saturated heterocycles. The standard InChI is InChI=1S/C25H24Cl2N2O3/c1-15-6-5-7-16(2)22(15)28-24(30)23(20-13-10-18(26)14-21(20)27)29(3)25(31)17-8-11-19(32-4)12-9-17/h5-14,23H,1-4H3,(H,28,30). The van der Waals surface area contributed by atoms with Gasteiger partial charge < -0.3 is 15.0 Å². The number of carbonyl (C=O) groups excluding carboxylic acids is 2. The van der Waals surface area contributed by atoms with E-state index >= 15 is 0 Å². The van der Waals surface area contributed by atoms with Crippen molar-refractivity contribution in [2.24, 2.45) is 0 Å². The number of aryl methyl sites for hydroxylation is 2. The zero-order chi connectivity index (χ0) is 23.4. The molecular formula is C25H24Cl2N2O3. The molecule has 32 heavy (non-hydrogen) atoms. The van der Waals surface area contributed by atoms with Gasteiger partial charge in [-0.05, 0) is 61.4 Å². The Hall–Kier alpha value is -3.02. The van der Waals surface area contributed by atoms with Gasteiger partial charge in [-0.15, -0.1) is 0 Å². The average molecular weight is 471 g/mol. The predicted octanol–water partition coefficient (Wildman–Crippen LogP) is 6.07. The summed E-state index contributed by atoms with van der Waals surface area (Å²) >= 11 is 12.5. The second kappa shape index (κ2) is 10.1. The quantitative estimate of drug-likeness (QED) is 0.475. The van der Waals surface area contributed by atoms with E-state index in [1.165, 1.54) is 4.90 Å². The van der Waals surface area contributed by atoms with Crippen LogP contribution in [0.1, 0.15) is 33.1 Å². The Morgan fingerprint density at radius 3 is 2.16 bits per heavy atom. The van der Waals surface area contributed by atoms with Crippen molar-refractivity contribution in [1.82, 2.24) is 4.90 Å². The number of hydrogen-bond donors (Lipinski definition) is 1. The third kappa shape index (κ3) is 5.06. The van der Waals surface area contributed by atoms with Gasteiger partial charge in [0.15, 0.2) is 0 Å². The lowest BCUT2D eigenvalue weighted by Gasteiger charge is -2.29. The number of rotatable bonds is 6. The average Bonchev–Trinajstić information content (AvgIpc) is 2.77. The van der Waals surface area contributed by atoms with Crippen LogP contribution in [0.3, 0.4) is 0 Å². The van der Waals surface area contributed by atoms with Crippen LogP contribution in [0.4, 0.5) is 5.69 Å². The molecular weight excluding hydrogens is 447 g/mol. The molecule has 0 bridgehead atoms. The summed E-state index contributed by atoms with van der Waals surface area (Å²) in [5.41, 5.74) is 3.44. The number of likely N-dealkylation sites (N-methyl/N-ethyl adjacent to an activating group) is 1. The lowest BCUT2D eigenvalue weighted by Crippen LogP contribution is -2.39. The topological polar surface area (TPSA) is 58.6 Å². The summed E-state index contributed by atoms with van der Waals surface area (Å²) in [6.45, 7) is 3.83. The van der Waals surface area contributed by atoms with Gasteiger partial charge in [-0.3, -0.25) is 9.59 Å². The first-order chi connectivity index (χ1) is 15.2. The third-order valence-electron chi connectivity index (χ3n) is 5.28. The Labute approximate surface area is 197 Å². The molecule has 1 unspecified atom stereocenters. The fraction of sp³-hybridized carbons (Fsp3) is 0.200. The number of halogens is 2. The number of methoxy groups -OCH3 is 1. The van der Waals surface area contributed by atoms with E-state index in [0.29, 0.717) is 32.6 Å². The van der Waals surface area contributed by atoms with Gasteiger partial charge in [-0.1, -0.05) is 47.5 Å². The molecule has 3 aromatic rings. The van der Waals surface area contributed by atoms with Crippen molar-refractivity contribution in [3.63, 3.8) is 0 Å². The van der Waals surface area contributed by atoms with E-state index in [2.05, 4.69) is 5.32 Å². The molecule has 0 aliphatic rings. The highest BCUT2D eigenvalue weighted by atomic mass is 35.5. The van der Waals surface area contributed by atoms with E-state index in [1.54, 1.807) is 56.6 Å². The van der Waals surface area contributed by atoms with Crippen LogP contribution in [0.2, 0.25) is 10.0 Å². The summed E-state index contributed by atoms with van der Waals surface area (Å²) in [5.74, 6) is -0.0782. The molecule has 2 amide bonds. The number of carbonyl (C=O) groups is 2. The van der Waals surface area contributed by atoms with Crippen molar-refractivity contribution in [1.29, 1.82) is 0 Å². The highest BCUT2D eigenvalue weighted by molar-refractivity contribution is 6.35. The third-order valence-corrected chi connectivity index (χ3v) is 5.84. The Bertz CT molecular complexity index is 1130. The van der Waals surface area contributed by atoms with Crippen molar-refractivity contribution in [3.05, 3.63) is 93.0 Å². The minimum atomic E-state index is -0.978. The molecule has 0 radical (unpaired) electrons. The summed E-state index contributed by atoms with van der Waals surface area (Å²) in [4.78, 5) is 28.2. The number of ether oxygens (including phenoxy) is 1. The molecule has 0 aliphatic heterocycles. The molecule has 0 spiro atoms. The lowest BCUT2D eigenvalue weighted by atomic mass is 10.0. The van der Waals surface area contributed by atoms with E-state index in [-0.39, 0.29) is 11.8 Å². The predicted molar refractivity (Wildman–Crippen MR) is 129 cm³/mol. The summed E-state index contributed by atoms with van der Waals surface area (Å²) in [6, 6.07) is 16.3. The number of nitrogens with zero attached hydrogens (tertiary/aromatic N) is 1. The van der Waals surface area contributed by atoms with Gasteiger partial charge in [0.25, 0.3) is 11.8 Å². The van der Waals surface area contributed by atoms with E-state index < -0.39 is 6.04 Å². The van der Waals surface area contributed by atoms with Crippen molar-refractivity contribution >= 4 is 40.7 Å². The Morgan fingerprint density at radius 1 is 0.969 bits per heavy atom. The van der Waals surface area contributed by atoms with Crippen molar-refractivity contribution < 1.29 is 14.3 Å². The summed E-state index contributed by atoms with van der Waals surface area (Å²) in [5, 5.41) is 3.72. The van der Waals surface area contributed by atoms with Crippen molar-refractivity contribution in [2.45, 2.75) is 19.9 Å². The minimum absolute atomic E-state index is 0.300. The molecule has 166 valence electrons. The van der Waals surface area contributed by atoms with Gasteiger partial charge in [0, 0.05) is 33.9 Å². The van der Waals surface area contributed by atoms with Crippen LogP contribution >= 0.6 is 23.2 Å². The summed E-state index contributed by atoms with van der Waals surface area (Å²) < 4.78 is 5.16. The van der Waals surface area contributed by atoms with E-state index in [9.17, 15) is 9.59 Å². The Balaban J connectivity index is 2.01. The molecule has 0 saturated carbocycles. The molecule has 1 atom stereocenters. The van der Waals surface area contributed by atoms with Crippen LogP contribution in [0, 0.1) is 13.8 Å². The van der Waals surface area contributed by atoms with Gasteiger partial charge in [0.2, 0.25) is 0 Å². The van der Waals surface area contributed by atoms with Crippen molar-refractivity contribution in [2.75, 3.05) is 19.5 Å². The molecule has 3 aromatic carbocycles. The normalized spacial score (nSPS) is 11.6.